The van der Waals surface area contributed by atoms with Crippen LogP contribution in [0.15, 0.2) is 48.8 Å². The predicted molar refractivity (Wildman–Crippen MR) is 130 cm³/mol. The zero-order chi connectivity index (χ0) is 22.7. The molecule has 2 aromatic rings. The summed E-state index contributed by atoms with van der Waals surface area (Å²) in [5.74, 6) is 0.754. The summed E-state index contributed by atoms with van der Waals surface area (Å²) in [5.41, 5.74) is 1.76. The van der Waals surface area contributed by atoms with E-state index in [9.17, 15) is 4.79 Å². The number of unbranched alkanes of at least 4 members (excludes halogenated alkanes) is 11. The lowest BCUT2D eigenvalue weighted by molar-refractivity contribution is -0.378. The molecule has 33 heavy (non-hydrogen) atoms. The molecule has 0 saturated carbocycles. The average molecular weight is 477 g/mol. The largest absolute Gasteiger partial charge is 1.00 e. The monoisotopic (exact) mass is 476 g/mol. The number of nitrogens with one attached hydrogen (secondary N) is 2. The van der Waals surface area contributed by atoms with Crippen LogP contribution in [0.4, 0.5) is 10.5 Å². The highest BCUT2D eigenvalue weighted by Gasteiger charge is 2.04. The van der Waals surface area contributed by atoms with Gasteiger partial charge in [-0.1, -0.05) is 77.6 Å². The van der Waals surface area contributed by atoms with Crippen molar-refractivity contribution in [2.75, 3.05) is 11.9 Å². The van der Waals surface area contributed by atoms with Gasteiger partial charge in [0.15, 0.2) is 12.4 Å². The van der Waals surface area contributed by atoms with E-state index in [1.54, 1.807) is 0 Å². The van der Waals surface area contributed by atoms with Crippen LogP contribution in [-0.2, 0) is 11.3 Å². The smallest absolute Gasteiger partial charge is 0.411 e. The summed E-state index contributed by atoms with van der Waals surface area (Å²) in [7, 11) is 0. The van der Waals surface area contributed by atoms with E-state index in [1.165, 1.54) is 64.2 Å². The van der Waals surface area contributed by atoms with Gasteiger partial charge in [-0.3, -0.25) is 5.32 Å². The average Bonchev–Trinajstić information content (AvgIpc) is 2.82. The zero-order valence-electron chi connectivity index (χ0n) is 20.1. The van der Waals surface area contributed by atoms with E-state index < -0.39 is 6.09 Å². The Hall–Kier alpha value is -2.27. The fraction of sp³-hybridized carbons (Fsp3) is 0.556. The van der Waals surface area contributed by atoms with Gasteiger partial charge < -0.3 is 21.9 Å². The Labute approximate surface area is 206 Å². The standard InChI is InChI=1S/C27H40N2O3.ClH/c1-2-3-4-5-6-7-8-9-10-11-12-13-21-31-27(30)29-25-16-18-26(19-17-25)32-23-24-15-14-20-28-22-24;/h14-20,22H,2-13,21,23H2,1H3,(H,29,30);1H. The summed E-state index contributed by atoms with van der Waals surface area (Å²) in [5, 5.41) is 2.76. The molecule has 0 aliphatic rings. The molecule has 0 spiro atoms. The molecule has 2 N–H and O–H groups in total. The number of hydrogen-bond acceptors (Lipinski definition) is 3. The number of halogens is 1. The van der Waals surface area contributed by atoms with Crippen molar-refractivity contribution in [1.29, 1.82) is 0 Å². The lowest BCUT2D eigenvalue weighted by Crippen LogP contribution is -3.00. The maximum absolute atomic E-state index is 11.9. The first-order chi connectivity index (χ1) is 15.8. The first-order valence-corrected chi connectivity index (χ1v) is 12.4. The number of ether oxygens (including phenoxy) is 2. The highest BCUT2D eigenvalue weighted by atomic mass is 35.5. The molecule has 6 heteroatoms. The van der Waals surface area contributed by atoms with E-state index in [4.69, 9.17) is 9.47 Å². The molecule has 1 aromatic heterocycles. The fourth-order valence-electron chi connectivity index (χ4n) is 3.58. The minimum Gasteiger partial charge on any atom is -1.00 e. The summed E-state index contributed by atoms with van der Waals surface area (Å²) in [6.07, 6.45) is 18.9. The number of H-pyrrole nitrogens is 1. The van der Waals surface area contributed by atoms with E-state index in [0.717, 1.165) is 24.2 Å². The van der Waals surface area contributed by atoms with Gasteiger partial charge in [0.25, 0.3) is 0 Å². The summed E-state index contributed by atoms with van der Waals surface area (Å²) in [6.45, 7) is 3.23. The second kappa shape index (κ2) is 19.2. The molecule has 0 saturated heterocycles. The van der Waals surface area contributed by atoms with Gasteiger partial charge in [-0.15, -0.1) is 0 Å². The van der Waals surface area contributed by atoms with E-state index in [1.807, 2.05) is 48.8 Å². The summed E-state index contributed by atoms with van der Waals surface area (Å²) in [6, 6.07) is 11.3. The van der Waals surface area contributed by atoms with Crippen LogP contribution >= 0.6 is 0 Å². The minimum atomic E-state index is -0.401. The molecule has 0 atom stereocenters. The van der Waals surface area contributed by atoms with Crippen molar-refractivity contribution in [3.8, 4) is 5.75 Å². The third-order valence-corrected chi connectivity index (χ3v) is 5.51. The van der Waals surface area contributed by atoms with Gasteiger partial charge in [0, 0.05) is 11.8 Å². The molecular formula is C27H41ClN2O3. The van der Waals surface area contributed by atoms with E-state index in [2.05, 4.69) is 17.2 Å². The maximum atomic E-state index is 11.9. The summed E-state index contributed by atoms with van der Waals surface area (Å²) < 4.78 is 11.0. The van der Waals surface area contributed by atoms with E-state index in [0.29, 0.717) is 18.9 Å². The van der Waals surface area contributed by atoms with Gasteiger partial charge in [-0.2, -0.15) is 0 Å². The third-order valence-electron chi connectivity index (χ3n) is 5.51. The van der Waals surface area contributed by atoms with E-state index in [-0.39, 0.29) is 12.4 Å². The van der Waals surface area contributed by atoms with Crippen molar-refractivity contribution < 1.29 is 31.7 Å². The van der Waals surface area contributed by atoms with Gasteiger partial charge in [0.2, 0.25) is 0 Å². The van der Waals surface area contributed by atoms with Gasteiger partial charge >= 0.3 is 6.09 Å². The number of anilines is 1. The first kappa shape index (κ1) is 28.8. The van der Waals surface area contributed by atoms with Gasteiger partial charge in [0.05, 0.1) is 12.2 Å². The van der Waals surface area contributed by atoms with Crippen molar-refractivity contribution in [2.24, 2.45) is 0 Å². The molecule has 0 aliphatic heterocycles. The molecule has 1 heterocycles. The molecule has 1 amide bonds. The van der Waals surface area contributed by atoms with Crippen molar-refractivity contribution >= 4 is 11.8 Å². The first-order valence-electron chi connectivity index (χ1n) is 12.4. The second-order valence-corrected chi connectivity index (χ2v) is 8.37. The normalized spacial score (nSPS) is 10.3. The topological polar surface area (TPSA) is 61.7 Å². The second-order valence-electron chi connectivity index (χ2n) is 8.37. The fourth-order valence-corrected chi connectivity index (χ4v) is 3.58. The Balaban J connectivity index is 0.00000544. The van der Waals surface area contributed by atoms with Crippen LogP contribution in [0.2, 0.25) is 0 Å². The van der Waals surface area contributed by atoms with Crippen molar-refractivity contribution in [1.82, 2.24) is 0 Å². The van der Waals surface area contributed by atoms with E-state index >= 15 is 0 Å². The van der Waals surface area contributed by atoms with Gasteiger partial charge in [-0.25, -0.2) is 9.78 Å². The molecule has 5 nitrogen and oxygen atoms in total. The van der Waals surface area contributed by atoms with Crippen LogP contribution < -0.4 is 27.4 Å². The van der Waals surface area contributed by atoms with Gasteiger partial charge in [-0.05, 0) is 36.8 Å². The maximum Gasteiger partial charge on any atom is 0.411 e. The lowest BCUT2D eigenvalue weighted by atomic mass is 10.1. The summed E-state index contributed by atoms with van der Waals surface area (Å²) in [4.78, 5) is 15.0. The number of rotatable bonds is 17. The molecular weight excluding hydrogens is 436 g/mol. The number of hydrogen-bond donors (Lipinski definition) is 1. The Morgan fingerprint density at radius 2 is 1.45 bits per heavy atom. The number of amides is 1. The lowest BCUT2D eigenvalue weighted by Gasteiger charge is -2.09. The molecule has 0 aliphatic carbocycles. The number of aromatic nitrogens is 1. The Morgan fingerprint density at radius 1 is 0.848 bits per heavy atom. The molecule has 2 rings (SSSR count). The van der Waals surface area contributed by atoms with Crippen LogP contribution in [0.3, 0.4) is 0 Å². The molecule has 0 fully saturated rings. The number of carbonyl (C=O) groups excluding carboxylic acids is 1. The highest BCUT2D eigenvalue weighted by molar-refractivity contribution is 5.84. The number of pyridine rings is 1. The molecule has 184 valence electrons. The molecule has 0 radical (unpaired) electrons. The van der Waals surface area contributed by atoms with Crippen LogP contribution in [0.25, 0.3) is 0 Å². The Bertz CT molecular complexity index is 726. The number of benzene rings is 1. The molecule has 1 aromatic carbocycles. The third kappa shape index (κ3) is 14.5. The predicted octanol–water partition coefficient (Wildman–Crippen LogP) is 4.33. The van der Waals surface area contributed by atoms with Crippen molar-refractivity contribution in [3.63, 3.8) is 0 Å². The Morgan fingerprint density at radius 3 is 2.03 bits per heavy atom. The minimum absolute atomic E-state index is 0. The number of aromatic amines is 1. The van der Waals surface area contributed by atoms with Crippen molar-refractivity contribution in [2.45, 2.75) is 90.6 Å². The van der Waals surface area contributed by atoms with Crippen LogP contribution in [0.5, 0.6) is 5.75 Å². The number of carbonyl (C=O) groups is 1. The van der Waals surface area contributed by atoms with Crippen LogP contribution in [0, 0.1) is 0 Å². The van der Waals surface area contributed by atoms with Gasteiger partial charge in [0.1, 0.15) is 12.4 Å². The summed E-state index contributed by atoms with van der Waals surface area (Å²) >= 11 is 0. The van der Waals surface area contributed by atoms with Crippen LogP contribution in [-0.4, -0.2) is 12.7 Å². The van der Waals surface area contributed by atoms with Crippen LogP contribution in [0.1, 0.15) is 89.5 Å². The van der Waals surface area contributed by atoms with Crippen molar-refractivity contribution in [3.05, 3.63) is 54.4 Å². The highest BCUT2D eigenvalue weighted by Crippen LogP contribution is 2.17. The Kier molecular flexibility index (Phi) is 16.8. The SMILES string of the molecule is CCCCCCCCCCCCCCOC(=O)Nc1ccc(OCc2ccc[nH+]c2)cc1.[Cl-]. The molecule has 0 bridgehead atoms. The molecule has 0 unspecified atom stereocenters. The zero-order valence-corrected chi connectivity index (χ0v) is 20.9. The quantitative estimate of drug-likeness (QED) is 0.345.